The van der Waals surface area contributed by atoms with Crippen molar-refractivity contribution in [1.82, 2.24) is 10.3 Å². The van der Waals surface area contributed by atoms with Gasteiger partial charge in [0, 0.05) is 18.3 Å². The molecule has 1 saturated heterocycles. The minimum Gasteiger partial charge on any atom is -0.497 e. The molecule has 2 amide bonds. The maximum absolute atomic E-state index is 12.5. The average Bonchev–Trinajstić information content (AvgIpc) is 3.02. The van der Waals surface area contributed by atoms with Crippen LogP contribution in [0.1, 0.15) is 18.5 Å². The molecule has 1 N–H and O–H groups in total. The molecule has 1 aliphatic rings. The lowest BCUT2D eigenvalue weighted by atomic mass is 10.2. The Balaban J connectivity index is 1.71. The zero-order chi connectivity index (χ0) is 16.9. The second-order valence-electron chi connectivity index (χ2n) is 5.56. The molecule has 1 aromatic heterocycles. The molecule has 124 valence electrons. The maximum Gasteiger partial charge on any atom is 0.243 e. The smallest absolute Gasteiger partial charge is 0.243 e. The van der Waals surface area contributed by atoms with E-state index in [4.69, 9.17) is 4.74 Å². The number of hydrogen-bond acceptors (Lipinski definition) is 4. The number of nitrogens with one attached hydrogen (secondary N) is 1. The average molecular weight is 325 g/mol. The molecule has 0 aliphatic carbocycles. The third kappa shape index (κ3) is 3.37. The van der Waals surface area contributed by atoms with E-state index >= 15 is 0 Å². The van der Waals surface area contributed by atoms with Crippen molar-refractivity contribution in [2.75, 3.05) is 12.0 Å². The summed E-state index contributed by atoms with van der Waals surface area (Å²) in [4.78, 5) is 30.5. The fraction of sp³-hybridized carbons (Fsp3) is 0.278. The zero-order valence-corrected chi connectivity index (χ0v) is 13.4. The van der Waals surface area contributed by atoms with Crippen molar-refractivity contribution in [3.63, 3.8) is 0 Å². The fourth-order valence-electron chi connectivity index (χ4n) is 2.80. The number of nitrogens with zero attached hydrogens (tertiary/aromatic N) is 2. The molecule has 1 fully saturated rings. The Morgan fingerprint density at radius 3 is 2.75 bits per heavy atom. The van der Waals surface area contributed by atoms with E-state index in [9.17, 15) is 9.59 Å². The normalized spacial score (nSPS) is 17.0. The Hall–Kier alpha value is -2.89. The number of methoxy groups -OCH3 is 1. The van der Waals surface area contributed by atoms with Gasteiger partial charge in [-0.15, -0.1) is 0 Å². The Morgan fingerprint density at radius 1 is 1.29 bits per heavy atom. The number of hydrogen-bond donors (Lipinski definition) is 1. The molecule has 1 atom stereocenters. The van der Waals surface area contributed by atoms with E-state index in [0.29, 0.717) is 30.8 Å². The van der Waals surface area contributed by atoms with Crippen molar-refractivity contribution in [2.24, 2.45) is 0 Å². The molecule has 1 aliphatic heterocycles. The van der Waals surface area contributed by atoms with Gasteiger partial charge in [0.15, 0.2) is 0 Å². The van der Waals surface area contributed by atoms with Crippen LogP contribution in [0.15, 0.2) is 48.7 Å². The van der Waals surface area contributed by atoms with Crippen molar-refractivity contribution in [1.29, 1.82) is 0 Å². The number of rotatable bonds is 5. The second kappa shape index (κ2) is 7.12. The van der Waals surface area contributed by atoms with Gasteiger partial charge in [-0.2, -0.15) is 0 Å². The van der Waals surface area contributed by atoms with Crippen LogP contribution < -0.4 is 15.0 Å². The monoisotopic (exact) mass is 325 g/mol. The van der Waals surface area contributed by atoms with Gasteiger partial charge in [0.25, 0.3) is 0 Å². The summed E-state index contributed by atoms with van der Waals surface area (Å²) in [6.07, 6.45) is 2.57. The van der Waals surface area contributed by atoms with Crippen LogP contribution in [-0.4, -0.2) is 29.9 Å². The first-order valence-corrected chi connectivity index (χ1v) is 7.83. The van der Waals surface area contributed by atoms with Crippen molar-refractivity contribution in [3.05, 3.63) is 54.4 Å². The molecule has 0 bridgehead atoms. The van der Waals surface area contributed by atoms with Crippen LogP contribution in [0.2, 0.25) is 0 Å². The van der Waals surface area contributed by atoms with Crippen LogP contribution in [0.3, 0.4) is 0 Å². The van der Waals surface area contributed by atoms with Gasteiger partial charge >= 0.3 is 0 Å². The van der Waals surface area contributed by atoms with Gasteiger partial charge in [-0.1, -0.05) is 6.07 Å². The van der Waals surface area contributed by atoms with Crippen LogP contribution in [0, 0.1) is 0 Å². The van der Waals surface area contributed by atoms with Gasteiger partial charge in [0.1, 0.15) is 11.8 Å². The summed E-state index contributed by atoms with van der Waals surface area (Å²) in [5, 5.41) is 2.86. The molecular formula is C18H19N3O3. The summed E-state index contributed by atoms with van der Waals surface area (Å²) in [6.45, 7) is 0.348. The van der Waals surface area contributed by atoms with Crippen LogP contribution in [0.25, 0.3) is 0 Å². The summed E-state index contributed by atoms with van der Waals surface area (Å²) in [6, 6.07) is 12.2. The number of carbonyl (C=O) groups excluding carboxylic acids is 2. The van der Waals surface area contributed by atoms with Crippen LogP contribution >= 0.6 is 0 Å². The van der Waals surface area contributed by atoms with E-state index < -0.39 is 6.04 Å². The summed E-state index contributed by atoms with van der Waals surface area (Å²) in [7, 11) is 1.59. The maximum atomic E-state index is 12.5. The fourth-order valence-corrected chi connectivity index (χ4v) is 2.80. The zero-order valence-electron chi connectivity index (χ0n) is 13.4. The number of carbonyl (C=O) groups is 2. The topological polar surface area (TPSA) is 71.5 Å². The van der Waals surface area contributed by atoms with Crippen LogP contribution in [0.5, 0.6) is 5.75 Å². The van der Waals surface area contributed by atoms with Crippen molar-refractivity contribution in [3.8, 4) is 5.75 Å². The van der Waals surface area contributed by atoms with E-state index in [-0.39, 0.29) is 11.8 Å². The summed E-state index contributed by atoms with van der Waals surface area (Å²) >= 11 is 0. The third-order valence-electron chi connectivity index (χ3n) is 4.04. The lowest BCUT2D eigenvalue weighted by Crippen LogP contribution is -2.44. The summed E-state index contributed by atoms with van der Waals surface area (Å²) in [5.41, 5.74) is 1.49. The number of ether oxygens (including phenoxy) is 1. The first-order chi connectivity index (χ1) is 11.7. The Morgan fingerprint density at radius 2 is 2.08 bits per heavy atom. The predicted octanol–water partition coefficient (Wildman–Crippen LogP) is 1.90. The van der Waals surface area contributed by atoms with E-state index in [1.165, 1.54) is 0 Å². The Bertz CT molecular complexity index is 716. The van der Waals surface area contributed by atoms with Gasteiger partial charge in [-0.3, -0.25) is 19.5 Å². The number of aromatic nitrogens is 1. The molecule has 2 heterocycles. The van der Waals surface area contributed by atoms with E-state index in [1.807, 2.05) is 18.2 Å². The number of pyridine rings is 1. The highest BCUT2D eigenvalue weighted by Gasteiger charge is 2.36. The molecule has 1 aromatic carbocycles. The number of anilines is 1. The number of amides is 2. The van der Waals surface area contributed by atoms with E-state index in [2.05, 4.69) is 10.3 Å². The minimum absolute atomic E-state index is 0.0434. The molecule has 3 rings (SSSR count). The quantitative estimate of drug-likeness (QED) is 0.911. The van der Waals surface area contributed by atoms with Gasteiger partial charge in [-0.25, -0.2) is 0 Å². The lowest BCUT2D eigenvalue weighted by Gasteiger charge is -2.24. The summed E-state index contributed by atoms with van der Waals surface area (Å²) in [5.74, 6) is 0.502. The Kier molecular flexibility index (Phi) is 4.74. The molecule has 0 saturated carbocycles. The highest BCUT2D eigenvalue weighted by molar-refractivity contribution is 6.03. The molecule has 0 radical (unpaired) electrons. The summed E-state index contributed by atoms with van der Waals surface area (Å²) < 4.78 is 5.13. The lowest BCUT2D eigenvalue weighted by molar-refractivity contribution is -0.124. The molecule has 1 unspecified atom stereocenters. The van der Waals surface area contributed by atoms with Crippen molar-refractivity contribution in [2.45, 2.75) is 25.4 Å². The van der Waals surface area contributed by atoms with Gasteiger partial charge in [0.05, 0.1) is 19.3 Å². The molecular weight excluding hydrogens is 306 g/mol. The minimum atomic E-state index is -0.491. The van der Waals surface area contributed by atoms with Crippen LogP contribution in [-0.2, 0) is 16.1 Å². The van der Waals surface area contributed by atoms with Gasteiger partial charge < -0.3 is 10.1 Å². The largest absolute Gasteiger partial charge is 0.497 e. The van der Waals surface area contributed by atoms with Gasteiger partial charge in [-0.05, 0) is 42.8 Å². The second-order valence-corrected chi connectivity index (χ2v) is 5.56. The first kappa shape index (κ1) is 16.0. The van der Waals surface area contributed by atoms with Crippen LogP contribution in [0.4, 0.5) is 5.69 Å². The SMILES string of the molecule is COc1ccc(N2C(=O)CCC2C(=O)NCc2ccccn2)cc1. The number of benzene rings is 1. The van der Waals surface area contributed by atoms with Gasteiger partial charge in [0.2, 0.25) is 11.8 Å². The molecule has 6 nitrogen and oxygen atoms in total. The van der Waals surface area contributed by atoms with Crippen molar-refractivity contribution >= 4 is 17.5 Å². The van der Waals surface area contributed by atoms with Crippen molar-refractivity contribution < 1.29 is 14.3 Å². The molecule has 24 heavy (non-hydrogen) atoms. The van der Waals surface area contributed by atoms with E-state index in [0.717, 1.165) is 5.69 Å². The van der Waals surface area contributed by atoms with E-state index in [1.54, 1.807) is 42.5 Å². The highest BCUT2D eigenvalue weighted by atomic mass is 16.5. The molecule has 0 spiro atoms. The Labute approximate surface area is 140 Å². The molecule has 6 heteroatoms. The third-order valence-corrected chi connectivity index (χ3v) is 4.04. The predicted molar refractivity (Wildman–Crippen MR) is 89.6 cm³/mol. The molecule has 2 aromatic rings. The first-order valence-electron chi connectivity index (χ1n) is 7.83. The highest BCUT2D eigenvalue weighted by Crippen LogP contribution is 2.28. The standard InChI is InChI=1S/C18H19N3O3/c1-24-15-7-5-14(6-8-15)21-16(9-10-17(21)22)18(23)20-12-13-4-2-3-11-19-13/h2-8,11,16H,9-10,12H2,1H3,(H,20,23).